The summed E-state index contributed by atoms with van der Waals surface area (Å²) in [6, 6.07) is 5.96. The molecule has 1 aliphatic rings. The fraction of sp³-hybridized carbons (Fsp3) is 0.571. The minimum atomic E-state index is -0.658. The van der Waals surface area contributed by atoms with Crippen LogP contribution in [-0.4, -0.2) is 30.5 Å². The fourth-order valence-electron chi connectivity index (χ4n) is 2.23. The van der Waals surface area contributed by atoms with E-state index in [2.05, 4.69) is 28.2 Å². The van der Waals surface area contributed by atoms with Crippen molar-refractivity contribution in [3.8, 4) is 0 Å². The van der Waals surface area contributed by atoms with Crippen LogP contribution in [0.15, 0.2) is 22.7 Å². The van der Waals surface area contributed by atoms with Gasteiger partial charge in [0.05, 0.1) is 5.60 Å². The summed E-state index contributed by atoms with van der Waals surface area (Å²) in [4.78, 5) is 0. The smallest absolute Gasteiger partial charge is 0.0815 e. The van der Waals surface area contributed by atoms with E-state index in [0.29, 0.717) is 32.6 Å². The molecule has 0 bridgehead atoms. The van der Waals surface area contributed by atoms with Gasteiger partial charge in [-0.3, -0.25) is 0 Å². The molecule has 1 saturated heterocycles. The summed E-state index contributed by atoms with van der Waals surface area (Å²) in [7, 11) is 0. The van der Waals surface area contributed by atoms with Crippen LogP contribution in [0.3, 0.4) is 0 Å². The maximum absolute atomic E-state index is 10.4. The molecule has 1 fully saturated rings. The van der Waals surface area contributed by atoms with E-state index in [9.17, 15) is 5.11 Å². The van der Waals surface area contributed by atoms with Crippen molar-refractivity contribution < 1.29 is 9.84 Å². The molecule has 1 unspecified atom stereocenters. The van der Waals surface area contributed by atoms with Gasteiger partial charge in [0.25, 0.3) is 0 Å². The van der Waals surface area contributed by atoms with Gasteiger partial charge >= 0.3 is 0 Å². The molecule has 1 aromatic rings. The van der Waals surface area contributed by atoms with Crippen molar-refractivity contribution in [3.05, 3.63) is 33.3 Å². The SMILES string of the molecule is CC(NCC1(O)CCOCC1)c1ccc(Br)cc1Cl. The van der Waals surface area contributed by atoms with Crippen LogP contribution >= 0.6 is 27.5 Å². The Morgan fingerprint density at radius 1 is 1.47 bits per heavy atom. The molecule has 0 spiro atoms. The molecular formula is C14H19BrClNO2. The Hall–Kier alpha value is -0.130. The first kappa shape index (κ1) is 15.3. The highest BCUT2D eigenvalue weighted by Crippen LogP contribution is 2.27. The maximum atomic E-state index is 10.4. The molecule has 1 aromatic carbocycles. The number of benzene rings is 1. The van der Waals surface area contributed by atoms with Crippen molar-refractivity contribution in [2.24, 2.45) is 0 Å². The largest absolute Gasteiger partial charge is 0.388 e. The standard InChI is InChI=1S/C14H19BrClNO2/c1-10(12-3-2-11(15)8-13(12)16)17-9-14(18)4-6-19-7-5-14/h2-3,8,10,17-18H,4-7,9H2,1H3. The van der Waals surface area contributed by atoms with Crippen molar-refractivity contribution in [1.29, 1.82) is 0 Å². The fourth-order valence-corrected chi connectivity index (χ4v) is 3.07. The summed E-state index contributed by atoms with van der Waals surface area (Å²) in [5.74, 6) is 0. The summed E-state index contributed by atoms with van der Waals surface area (Å²) >= 11 is 9.62. The Labute approximate surface area is 127 Å². The van der Waals surface area contributed by atoms with Gasteiger partial charge in [0.1, 0.15) is 0 Å². The normalized spacial score (nSPS) is 20.2. The zero-order valence-corrected chi connectivity index (χ0v) is 13.3. The van der Waals surface area contributed by atoms with Gasteiger partial charge < -0.3 is 15.2 Å². The molecule has 0 aromatic heterocycles. The summed E-state index contributed by atoms with van der Waals surface area (Å²) < 4.78 is 6.24. The minimum absolute atomic E-state index is 0.104. The van der Waals surface area contributed by atoms with E-state index in [-0.39, 0.29) is 6.04 Å². The van der Waals surface area contributed by atoms with Crippen LogP contribution in [0.5, 0.6) is 0 Å². The maximum Gasteiger partial charge on any atom is 0.0815 e. The Morgan fingerprint density at radius 2 is 2.16 bits per heavy atom. The van der Waals surface area contributed by atoms with Crippen LogP contribution < -0.4 is 5.32 Å². The second kappa shape index (κ2) is 6.55. The number of ether oxygens (including phenoxy) is 1. The summed E-state index contributed by atoms with van der Waals surface area (Å²) in [5, 5.41) is 14.5. The molecule has 5 heteroatoms. The third-order valence-electron chi connectivity index (χ3n) is 3.59. The van der Waals surface area contributed by atoms with Crippen molar-refractivity contribution in [3.63, 3.8) is 0 Å². The van der Waals surface area contributed by atoms with E-state index in [1.165, 1.54) is 0 Å². The molecule has 0 radical (unpaired) electrons. The van der Waals surface area contributed by atoms with Gasteiger partial charge in [-0.1, -0.05) is 33.6 Å². The summed E-state index contributed by atoms with van der Waals surface area (Å²) in [5.41, 5.74) is 0.384. The van der Waals surface area contributed by atoms with Gasteiger partial charge in [0, 0.05) is 48.1 Å². The minimum Gasteiger partial charge on any atom is -0.388 e. The summed E-state index contributed by atoms with van der Waals surface area (Å²) in [6.45, 7) is 3.87. The van der Waals surface area contributed by atoms with Gasteiger partial charge in [-0.15, -0.1) is 0 Å². The first-order valence-electron chi connectivity index (χ1n) is 6.49. The van der Waals surface area contributed by atoms with Gasteiger partial charge in [0.15, 0.2) is 0 Å². The van der Waals surface area contributed by atoms with Crippen LogP contribution in [0, 0.1) is 0 Å². The van der Waals surface area contributed by atoms with Crippen LogP contribution in [0.4, 0.5) is 0 Å². The number of nitrogens with one attached hydrogen (secondary N) is 1. The molecule has 2 rings (SSSR count). The van der Waals surface area contributed by atoms with Crippen LogP contribution in [0.25, 0.3) is 0 Å². The first-order valence-corrected chi connectivity index (χ1v) is 7.66. The lowest BCUT2D eigenvalue weighted by molar-refractivity contribution is -0.0626. The monoisotopic (exact) mass is 347 g/mol. The van der Waals surface area contributed by atoms with Crippen molar-refractivity contribution >= 4 is 27.5 Å². The molecular weight excluding hydrogens is 330 g/mol. The van der Waals surface area contributed by atoms with E-state index in [1.54, 1.807) is 0 Å². The molecule has 1 atom stereocenters. The Morgan fingerprint density at radius 3 is 2.79 bits per heavy atom. The van der Waals surface area contributed by atoms with Crippen LogP contribution in [0.1, 0.15) is 31.4 Å². The third-order valence-corrected chi connectivity index (χ3v) is 4.41. The van der Waals surface area contributed by atoms with Crippen molar-refractivity contribution in [2.45, 2.75) is 31.4 Å². The van der Waals surface area contributed by atoms with E-state index < -0.39 is 5.60 Å². The van der Waals surface area contributed by atoms with Gasteiger partial charge in [-0.25, -0.2) is 0 Å². The Balaban J connectivity index is 1.95. The predicted octanol–water partition coefficient (Wildman–Crippen LogP) is 3.29. The van der Waals surface area contributed by atoms with E-state index in [4.69, 9.17) is 16.3 Å². The number of rotatable bonds is 4. The zero-order chi connectivity index (χ0) is 13.9. The van der Waals surface area contributed by atoms with Crippen LogP contribution in [0.2, 0.25) is 5.02 Å². The van der Waals surface area contributed by atoms with Crippen molar-refractivity contribution in [2.75, 3.05) is 19.8 Å². The lowest BCUT2D eigenvalue weighted by atomic mass is 9.94. The second-order valence-corrected chi connectivity index (χ2v) is 6.43. The lowest BCUT2D eigenvalue weighted by Gasteiger charge is -2.33. The highest BCUT2D eigenvalue weighted by molar-refractivity contribution is 9.10. The molecule has 106 valence electrons. The second-order valence-electron chi connectivity index (χ2n) is 5.11. The van der Waals surface area contributed by atoms with Gasteiger partial charge in [-0.2, -0.15) is 0 Å². The summed E-state index contributed by atoms with van der Waals surface area (Å²) in [6.07, 6.45) is 1.36. The third kappa shape index (κ3) is 4.17. The number of aliphatic hydroxyl groups is 1. The topological polar surface area (TPSA) is 41.5 Å². The quantitative estimate of drug-likeness (QED) is 0.877. The number of hydrogen-bond donors (Lipinski definition) is 2. The molecule has 19 heavy (non-hydrogen) atoms. The van der Waals surface area contributed by atoms with E-state index >= 15 is 0 Å². The molecule has 0 aliphatic carbocycles. The molecule has 0 amide bonds. The first-order chi connectivity index (χ1) is 9.00. The molecule has 3 nitrogen and oxygen atoms in total. The Kier molecular flexibility index (Phi) is 5.26. The highest BCUT2D eigenvalue weighted by Gasteiger charge is 2.30. The average molecular weight is 349 g/mol. The van der Waals surface area contributed by atoms with Crippen LogP contribution in [-0.2, 0) is 4.74 Å². The molecule has 1 heterocycles. The van der Waals surface area contributed by atoms with E-state index in [0.717, 1.165) is 15.1 Å². The molecule has 0 saturated carbocycles. The highest BCUT2D eigenvalue weighted by atomic mass is 79.9. The molecule has 1 aliphatic heterocycles. The van der Waals surface area contributed by atoms with Gasteiger partial charge in [-0.05, 0) is 24.6 Å². The van der Waals surface area contributed by atoms with Gasteiger partial charge in [0.2, 0.25) is 0 Å². The molecule has 2 N–H and O–H groups in total. The zero-order valence-electron chi connectivity index (χ0n) is 11.0. The Bertz CT molecular complexity index is 435. The number of halogens is 2. The predicted molar refractivity (Wildman–Crippen MR) is 80.6 cm³/mol. The van der Waals surface area contributed by atoms with E-state index in [1.807, 2.05) is 18.2 Å². The average Bonchev–Trinajstić information content (AvgIpc) is 2.37. The van der Waals surface area contributed by atoms with Crippen molar-refractivity contribution in [1.82, 2.24) is 5.32 Å². The number of hydrogen-bond acceptors (Lipinski definition) is 3. The lowest BCUT2D eigenvalue weighted by Crippen LogP contribution is -2.45.